The molecule has 2 N–H and O–H groups in total. The van der Waals surface area contributed by atoms with Crippen LogP contribution >= 0.6 is 0 Å². The van der Waals surface area contributed by atoms with Crippen molar-refractivity contribution in [2.24, 2.45) is 5.73 Å². The van der Waals surface area contributed by atoms with Crippen LogP contribution in [0, 0.1) is 0 Å². The molecule has 2 rings (SSSR count). The summed E-state index contributed by atoms with van der Waals surface area (Å²) in [5.41, 5.74) is 8.93. The predicted octanol–water partition coefficient (Wildman–Crippen LogP) is 2.63. The summed E-state index contributed by atoms with van der Waals surface area (Å²) in [4.78, 5) is 0. The Hall–Kier alpha value is -1.28. The Labute approximate surface area is 97.1 Å². The smallest absolute Gasteiger partial charge is 0.119 e. The van der Waals surface area contributed by atoms with Crippen molar-refractivity contribution < 1.29 is 4.74 Å². The second-order valence-corrected chi connectivity index (χ2v) is 4.40. The Morgan fingerprint density at radius 3 is 3.06 bits per heavy atom. The molecule has 1 aromatic rings. The first-order chi connectivity index (χ1) is 7.76. The lowest BCUT2D eigenvalue weighted by atomic mass is 9.78. The van der Waals surface area contributed by atoms with E-state index in [1.54, 1.807) is 7.11 Å². The number of methoxy groups -OCH3 is 1. The minimum absolute atomic E-state index is 0.263. The van der Waals surface area contributed by atoms with E-state index in [2.05, 4.69) is 18.7 Å². The van der Waals surface area contributed by atoms with Gasteiger partial charge in [-0.15, -0.1) is 6.58 Å². The molecule has 0 bridgehead atoms. The highest BCUT2D eigenvalue weighted by molar-refractivity contribution is 5.40. The molecule has 86 valence electrons. The summed E-state index contributed by atoms with van der Waals surface area (Å²) in [6.07, 6.45) is 5.03. The van der Waals surface area contributed by atoms with Gasteiger partial charge in [0.1, 0.15) is 5.75 Å². The number of fused-ring (bicyclic) bond motifs is 1. The first kappa shape index (κ1) is 11.2. The third kappa shape index (κ3) is 1.98. The van der Waals surface area contributed by atoms with Crippen LogP contribution in [-0.4, -0.2) is 13.2 Å². The van der Waals surface area contributed by atoms with Crippen molar-refractivity contribution in [3.8, 4) is 5.75 Å². The highest BCUT2D eigenvalue weighted by Gasteiger charge is 2.25. The highest BCUT2D eigenvalue weighted by atomic mass is 16.5. The van der Waals surface area contributed by atoms with Crippen LogP contribution in [-0.2, 0) is 6.42 Å². The Morgan fingerprint density at radius 1 is 1.56 bits per heavy atom. The molecule has 2 heteroatoms. The largest absolute Gasteiger partial charge is 0.497 e. The van der Waals surface area contributed by atoms with E-state index in [-0.39, 0.29) is 6.04 Å². The third-order valence-corrected chi connectivity index (χ3v) is 3.43. The predicted molar refractivity (Wildman–Crippen MR) is 66.8 cm³/mol. The van der Waals surface area contributed by atoms with Crippen molar-refractivity contribution >= 4 is 0 Å². The van der Waals surface area contributed by atoms with E-state index >= 15 is 0 Å². The van der Waals surface area contributed by atoms with Crippen LogP contribution in [0.2, 0.25) is 0 Å². The number of ether oxygens (including phenoxy) is 1. The van der Waals surface area contributed by atoms with Crippen molar-refractivity contribution in [1.82, 2.24) is 0 Å². The van der Waals surface area contributed by atoms with Gasteiger partial charge in [0.25, 0.3) is 0 Å². The summed E-state index contributed by atoms with van der Waals surface area (Å²) in [6.45, 7) is 3.82. The molecule has 16 heavy (non-hydrogen) atoms. The molecule has 0 unspecified atom stereocenters. The quantitative estimate of drug-likeness (QED) is 0.790. The SMILES string of the molecule is C=CC[C@H]1c2ccc(OC)cc2CC[C@H]1N. The second-order valence-electron chi connectivity index (χ2n) is 4.40. The summed E-state index contributed by atoms with van der Waals surface area (Å²) in [5, 5.41) is 0. The van der Waals surface area contributed by atoms with Crippen molar-refractivity contribution in [1.29, 1.82) is 0 Å². The van der Waals surface area contributed by atoms with Crippen LogP contribution in [0.4, 0.5) is 0 Å². The zero-order valence-electron chi connectivity index (χ0n) is 9.78. The van der Waals surface area contributed by atoms with Gasteiger partial charge in [0, 0.05) is 12.0 Å². The first-order valence-electron chi connectivity index (χ1n) is 5.79. The van der Waals surface area contributed by atoms with E-state index < -0.39 is 0 Å². The fourth-order valence-corrected chi connectivity index (χ4v) is 2.52. The second kappa shape index (κ2) is 4.71. The molecular weight excluding hydrogens is 198 g/mol. The zero-order chi connectivity index (χ0) is 11.5. The summed E-state index contributed by atoms with van der Waals surface area (Å²) in [7, 11) is 1.71. The average Bonchev–Trinajstić information content (AvgIpc) is 2.32. The standard InChI is InChI=1S/C14H19NO/c1-3-4-13-12-7-6-11(16-2)9-10(12)5-8-14(13)15/h3,6-7,9,13-14H,1,4-5,8,15H2,2H3/t13-,14+/m0/s1. The van der Waals surface area contributed by atoms with Gasteiger partial charge < -0.3 is 10.5 Å². The molecule has 0 saturated carbocycles. The van der Waals surface area contributed by atoms with Gasteiger partial charge in [0.2, 0.25) is 0 Å². The molecule has 1 aromatic carbocycles. The number of benzene rings is 1. The number of nitrogens with two attached hydrogens (primary N) is 1. The van der Waals surface area contributed by atoms with Gasteiger partial charge in [-0.3, -0.25) is 0 Å². The lowest BCUT2D eigenvalue weighted by Crippen LogP contribution is -2.32. The molecule has 0 heterocycles. The van der Waals surface area contributed by atoms with Gasteiger partial charge in [-0.2, -0.15) is 0 Å². The molecule has 0 saturated heterocycles. The van der Waals surface area contributed by atoms with E-state index in [1.165, 1.54) is 11.1 Å². The van der Waals surface area contributed by atoms with Crippen molar-refractivity contribution in [3.05, 3.63) is 42.0 Å². The van der Waals surface area contributed by atoms with Crippen LogP contribution in [0.3, 0.4) is 0 Å². The number of aryl methyl sites for hydroxylation is 1. The summed E-state index contributed by atoms with van der Waals surface area (Å²) >= 11 is 0. The van der Waals surface area contributed by atoms with E-state index in [9.17, 15) is 0 Å². The molecule has 2 atom stereocenters. The number of hydrogen-bond acceptors (Lipinski definition) is 2. The maximum absolute atomic E-state index is 6.17. The number of rotatable bonds is 3. The molecule has 0 radical (unpaired) electrons. The molecule has 0 aromatic heterocycles. The summed E-state index contributed by atoms with van der Waals surface area (Å²) in [5.74, 6) is 1.36. The van der Waals surface area contributed by atoms with Gasteiger partial charge in [-0.25, -0.2) is 0 Å². The number of hydrogen-bond donors (Lipinski definition) is 1. The molecule has 0 fully saturated rings. The molecule has 0 aliphatic heterocycles. The van der Waals surface area contributed by atoms with Crippen molar-refractivity contribution in [2.75, 3.05) is 7.11 Å². The maximum Gasteiger partial charge on any atom is 0.119 e. The maximum atomic E-state index is 6.17. The fraction of sp³-hybridized carbons (Fsp3) is 0.429. The van der Waals surface area contributed by atoms with Gasteiger partial charge in [-0.1, -0.05) is 12.1 Å². The van der Waals surface area contributed by atoms with Crippen LogP contribution in [0.15, 0.2) is 30.9 Å². The van der Waals surface area contributed by atoms with E-state index in [4.69, 9.17) is 10.5 Å². The van der Waals surface area contributed by atoms with Crippen LogP contribution in [0.25, 0.3) is 0 Å². The molecular formula is C14H19NO. The van der Waals surface area contributed by atoms with Gasteiger partial charge in [-0.05, 0) is 42.5 Å². The first-order valence-corrected chi connectivity index (χ1v) is 5.79. The van der Waals surface area contributed by atoms with E-state index in [0.29, 0.717) is 5.92 Å². The van der Waals surface area contributed by atoms with Gasteiger partial charge in [0.15, 0.2) is 0 Å². The highest BCUT2D eigenvalue weighted by Crippen LogP contribution is 2.35. The van der Waals surface area contributed by atoms with E-state index in [1.807, 2.05) is 12.1 Å². The minimum atomic E-state index is 0.263. The monoisotopic (exact) mass is 217 g/mol. The minimum Gasteiger partial charge on any atom is -0.497 e. The summed E-state index contributed by atoms with van der Waals surface area (Å²) in [6, 6.07) is 6.57. The normalized spacial score (nSPS) is 23.6. The average molecular weight is 217 g/mol. The number of allylic oxidation sites excluding steroid dienone is 1. The molecule has 0 amide bonds. The Bertz CT molecular complexity index is 386. The zero-order valence-corrected chi connectivity index (χ0v) is 9.78. The van der Waals surface area contributed by atoms with Gasteiger partial charge in [0.05, 0.1) is 7.11 Å². The topological polar surface area (TPSA) is 35.2 Å². The third-order valence-electron chi connectivity index (χ3n) is 3.43. The van der Waals surface area contributed by atoms with Crippen LogP contribution in [0.5, 0.6) is 5.75 Å². The molecule has 2 nitrogen and oxygen atoms in total. The van der Waals surface area contributed by atoms with Crippen molar-refractivity contribution in [3.63, 3.8) is 0 Å². The molecule has 0 spiro atoms. The van der Waals surface area contributed by atoms with E-state index in [0.717, 1.165) is 25.0 Å². The molecule has 1 aliphatic rings. The fourth-order valence-electron chi connectivity index (χ4n) is 2.52. The van der Waals surface area contributed by atoms with Crippen LogP contribution < -0.4 is 10.5 Å². The lowest BCUT2D eigenvalue weighted by Gasteiger charge is -2.30. The Morgan fingerprint density at radius 2 is 2.38 bits per heavy atom. The molecule has 1 aliphatic carbocycles. The van der Waals surface area contributed by atoms with Crippen LogP contribution in [0.1, 0.15) is 29.9 Å². The Kier molecular flexibility index (Phi) is 3.30. The Balaban J connectivity index is 2.36. The summed E-state index contributed by atoms with van der Waals surface area (Å²) < 4.78 is 5.25. The van der Waals surface area contributed by atoms with Gasteiger partial charge >= 0.3 is 0 Å². The lowest BCUT2D eigenvalue weighted by molar-refractivity contribution is 0.411. The van der Waals surface area contributed by atoms with Crippen molar-refractivity contribution in [2.45, 2.75) is 31.2 Å².